The number of halogens is 2. The zero-order valence-electron chi connectivity index (χ0n) is 11.7. The van der Waals surface area contributed by atoms with E-state index in [9.17, 15) is 8.78 Å². The van der Waals surface area contributed by atoms with Gasteiger partial charge in [-0.2, -0.15) is 8.78 Å². The first kappa shape index (κ1) is 15.2. The van der Waals surface area contributed by atoms with Gasteiger partial charge in [0, 0.05) is 18.6 Å². The first-order valence-electron chi connectivity index (χ1n) is 7.16. The van der Waals surface area contributed by atoms with E-state index >= 15 is 0 Å². The van der Waals surface area contributed by atoms with Crippen molar-refractivity contribution in [3.05, 3.63) is 29.8 Å². The zero-order chi connectivity index (χ0) is 14.4. The van der Waals surface area contributed by atoms with Gasteiger partial charge in [-0.25, -0.2) is 0 Å². The molecule has 0 radical (unpaired) electrons. The summed E-state index contributed by atoms with van der Waals surface area (Å²) in [4.78, 5) is 0. The number of rotatable bonds is 6. The normalized spacial score (nSPS) is 20.9. The van der Waals surface area contributed by atoms with E-state index in [1.807, 2.05) is 13.0 Å². The summed E-state index contributed by atoms with van der Waals surface area (Å²) >= 11 is 0. The summed E-state index contributed by atoms with van der Waals surface area (Å²) in [5.41, 5.74) is 0.957. The summed E-state index contributed by atoms with van der Waals surface area (Å²) in [6, 6.07) is 7.49. The molecule has 0 aromatic heterocycles. The lowest BCUT2D eigenvalue weighted by Gasteiger charge is -2.25. The van der Waals surface area contributed by atoms with Crippen LogP contribution in [0.1, 0.15) is 37.8 Å². The molecule has 1 aromatic rings. The van der Waals surface area contributed by atoms with Crippen LogP contribution in [0.5, 0.6) is 5.75 Å². The molecular weight excluding hydrogens is 262 g/mol. The highest BCUT2D eigenvalue weighted by atomic mass is 19.3. The summed E-state index contributed by atoms with van der Waals surface area (Å²) in [5.74, 6) is 0.210. The van der Waals surface area contributed by atoms with Gasteiger partial charge in [0.15, 0.2) is 0 Å². The topological polar surface area (TPSA) is 33.3 Å². The van der Waals surface area contributed by atoms with Crippen molar-refractivity contribution in [2.75, 3.05) is 13.1 Å². The van der Waals surface area contributed by atoms with E-state index < -0.39 is 6.61 Å². The molecule has 0 spiro atoms. The quantitative estimate of drug-likeness (QED) is 0.842. The van der Waals surface area contributed by atoms with Crippen LogP contribution in [0.15, 0.2) is 24.3 Å². The molecule has 20 heavy (non-hydrogen) atoms. The summed E-state index contributed by atoms with van der Waals surface area (Å²) in [7, 11) is 0. The van der Waals surface area contributed by atoms with Crippen LogP contribution in [-0.4, -0.2) is 25.7 Å². The molecule has 2 unspecified atom stereocenters. The molecule has 0 bridgehead atoms. The Balaban J connectivity index is 1.86. The first-order chi connectivity index (χ1) is 9.65. The third-order valence-electron chi connectivity index (χ3n) is 3.67. The standard InChI is InChI=1S/C15H22F2N2O/c1-11(19-10-13-6-2-3-8-18-13)12-5-4-7-14(9-12)20-15(16)17/h4-5,7,9,11,13,15,18-19H,2-3,6,8,10H2,1H3. The van der Waals surface area contributed by atoms with Crippen LogP contribution in [0, 0.1) is 0 Å². The van der Waals surface area contributed by atoms with Gasteiger partial charge in [-0.15, -0.1) is 0 Å². The predicted molar refractivity (Wildman–Crippen MR) is 75.1 cm³/mol. The van der Waals surface area contributed by atoms with Crippen molar-refractivity contribution in [3.8, 4) is 5.75 Å². The lowest BCUT2D eigenvalue weighted by Crippen LogP contribution is -2.42. The van der Waals surface area contributed by atoms with E-state index in [1.54, 1.807) is 18.2 Å². The first-order valence-corrected chi connectivity index (χ1v) is 7.16. The van der Waals surface area contributed by atoms with E-state index in [1.165, 1.54) is 19.3 Å². The Morgan fingerprint density at radius 1 is 1.40 bits per heavy atom. The molecule has 1 fully saturated rings. The molecule has 1 aliphatic rings. The predicted octanol–water partition coefficient (Wildman–Crippen LogP) is 3.08. The molecule has 0 amide bonds. The average molecular weight is 284 g/mol. The van der Waals surface area contributed by atoms with Crippen LogP contribution >= 0.6 is 0 Å². The molecule has 1 saturated heterocycles. The summed E-state index contributed by atoms with van der Waals surface area (Å²) in [5, 5.41) is 6.92. The number of piperidine rings is 1. The smallest absolute Gasteiger partial charge is 0.387 e. The zero-order valence-corrected chi connectivity index (χ0v) is 11.7. The Hall–Kier alpha value is -1.20. The van der Waals surface area contributed by atoms with Crippen molar-refractivity contribution in [2.24, 2.45) is 0 Å². The summed E-state index contributed by atoms with van der Waals surface area (Å²) in [6.45, 7) is 1.23. The van der Waals surface area contributed by atoms with Crippen LogP contribution in [-0.2, 0) is 0 Å². The minimum Gasteiger partial charge on any atom is -0.435 e. The highest BCUT2D eigenvalue weighted by Gasteiger charge is 2.14. The second kappa shape index (κ2) is 7.55. The van der Waals surface area contributed by atoms with Gasteiger partial charge in [0.25, 0.3) is 0 Å². The number of benzene rings is 1. The SMILES string of the molecule is CC(NCC1CCCCN1)c1cccc(OC(F)F)c1. The van der Waals surface area contributed by atoms with Gasteiger partial charge in [0.2, 0.25) is 0 Å². The Bertz CT molecular complexity index is 409. The Labute approximate surface area is 118 Å². The molecule has 5 heteroatoms. The molecule has 1 heterocycles. The minimum absolute atomic E-state index is 0.111. The monoisotopic (exact) mass is 284 g/mol. The molecule has 0 aliphatic carbocycles. The van der Waals surface area contributed by atoms with Crippen LogP contribution in [0.3, 0.4) is 0 Å². The van der Waals surface area contributed by atoms with Crippen molar-refractivity contribution in [1.82, 2.24) is 10.6 Å². The minimum atomic E-state index is -2.78. The highest BCUT2D eigenvalue weighted by Crippen LogP contribution is 2.20. The van der Waals surface area contributed by atoms with Gasteiger partial charge < -0.3 is 15.4 Å². The van der Waals surface area contributed by atoms with Crippen molar-refractivity contribution in [2.45, 2.75) is 44.9 Å². The molecular formula is C15H22F2N2O. The highest BCUT2D eigenvalue weighted by molar-refractivity contribution is 5.30. The van der Waals surface area contributed by atoms with Crippen molar-refractivity contribution < 1.29 is 13.5 Å². The molecule has 0 saturated carbocycles. The van der Waals surface area contributed by atoms with Gasteiger partial charge in [-0.1, -0.05) is 18.6 Å². The molecule has 2 rings (SSSR count). The fraction of sp³-hybridized carbons (Fsp3) is 0.600. The third kappa shape index (κ3) is 4.72. The number of alkyl halides is 2. The maximum absolute atomic E-state index is 12.2. The van der Waals surface area contributed by atoms with Gasteiger partial charge in [0.05, 0.1) is 0 Å². The largest absolute Gasteiger partial charge is 0.435 e. The lowest BCUT2D eigenvalue weighted by molar-refractivity contribution is -0.0499. The molecule has 2 N–H and O–H groups in total. The molecule has 112 valence electrons. The van der Waals surface area contributed by atoms with E-state index in [4.69, 9.17) is 0 Å². The summed E-state index contributed by atoms with van der Waals surface area (Å²) in [6.07, 6.45) is 3.71. The van der Waals surface area contributed by atoms with Gasteiger partial charge in [0.1, 0.15) is 5.75 Å². The van der Waals surface area contributed by atoms with Crippen molar-refractivity contribution in [3.63, 3.8) is 0 Å². The number of ether oxygens (including phenoxy) is 1. The van der Waals surface area contributed by atoms with E-state index in [-0.39, 0.29) is 11.8 Å². The second-order valence-electron chi connectivity index (χ2n) is 5.23. The van der Waals surface area contributed by atoms with Crippen molar-refractivity contribution in [1.29, 1.82) is 0 Å². The van der Waals surface area contributed by atoms with Crippen LogP contribution in [0.4, 0.5) is 8.78 Å². The van der Waals surface area contributed by atoms with Gasteiger partial charge in [-0.3, -0.25) is 0 Å². The van der Waals surface area contributed by atoms with E-state index in [0.717, 1.165) is 18.7 Å². The van der Waals surface area contributed by atoms with Crippen LogP contribution in [0.25, 0.3) is 0 Å². The molecule has 1 aliphatic heterocycles. The fourth-order valence-corrected chi connectivity index (χ4v) is 2.50. The Morgan fingerprint density at radius 2 is 2.25 bits per heavy atom. The van der Waals surface area contributed by atoms with Crippen molar-refractivity contribution >= 4 is 0 Å². The number of nitrogens with one attached hydrogen (secondary N) is 2. The molecule has 2 atom stereocenters. The number of hydrogen-bond donors (Lipinski definition) is 2. The van der Waals surface area contributed by atoms with E-state index in [2.05, 4.69) is 15.4 Å². The Morgan fingerprint density at radius 3 is 2.95 bits per heavy atom. The number of hydrogen-bond acceptors (Lipinski definition) is 3. The van der Waals surface area contributed by atoms with Crippen LogP contribution in [0.2, 0.25) is 0 Å². The molecule has 3 nitrogen and oxygen atoms in total. The third-order valence-corrected chi connectivity index (χ3v) is 3.67. The average Bonchev–Trinajstić information content (AvgIpc) is 2.45. The van der Waals surface area contributed by atoms with E-state index in [0.29, 0.717) is 6.04 Å². The molecule has 1 aromatic carbocycles. The van der Waals surface area contributed by atoms with Gasteiger partial charge in [-0.05, 0) is 44.0 Å². The van der Waals surface area contributed by atoms with Crippen LogP contribution < -0.4 is 15.4 Å². The summed E-state index contributed by atoms with van der Waals surface area (Å²) < 4.78 is 28.8. The maximum atomic E-state index is 12.2. The maximum Gasteiger partial charge on any atom is 0.387 e. The fourth-order valence-electron chi connectivity index (χ4n) is 2.50. The van der Waals surface area contributed by atoms with Gasteiger partial charge >= 0.3 is 6.61 Å². The lowest BCUT2D eigenvalue weighted by atomic mass is 10.0. The Kier molecular flexibility index (Phi) is 5.73. The second-order valence-corrected chi connectivity index (χ2v) is 5.23.